The predicted octanol–water partition coefficient (Wildman–Crippen LogP) is 4.91. The van der Waals surface area contributed by atoms with Crippen LogP contribution in [0.5, 0.6) is 0 Å². The lowest BCUT2D eigenvalue weighted by Crippen LogP contribution is -2.40. The van der Waals surface area contributed by atoms with Gasteiger partial charge in [0, 0.05) is 44.6 Å². The fourth-order valence-electron chi connectivity index (χ4n) is 6.23. The maximum Gasteiger partial charge on any atom is 0.416 e. The number of hydrogen-bond donors (Lipinski definition) is 1. The maximum atomic E-state index is 13.0. The molecule has 2 aromatic rings. The molecular weight excluding hydrogens is 571 g/mol. The van der Waals surface area contributed by atoms with Crippen molar-refractivity contribution in [3.63, 3.8) is 0 Å². The summed E-state index contributed by atoms with van der Waals surface area (Å²) in [7, 11) is 0. The molecule has 228 valence electrons. The summed E-state index contributed by atoms with van der Waals surface area (Å²) in [5.74, 6) is 0.0589. The van der Waals surface area contributed by atoms with E-state index >= 15 is 0 Å². The van der Waals surface area contributed by atoms with Crippen LogP contribution in [-0.4, -0.2) is 76.9 Å². The summed E-state index contributed by atoms with van der Waals surface area (Å²) < 4.78 is 44.2. The normalized spacial score (nSPS) is 25.0. The Bertz CT molecular complexity index is 1280. The van der Waals surface area contributed by atoms with Crippen molar-refractivity contribution in [2.45, 2.75) is 63.1 Å². The smallest absolute Gasteiger partial charge is 0.383 e. The Morgan fingerprint density at radius 3 is 2.48 bits per heavy atom. The Hall–Kier alpha value is -2.83. The van der Waals surface area contributed by atoms with Gasteiger partial charge < -0.3 is 19.6 Å². The molecule has 5 rings (SSSR count). The van der Waals surface area contributed by atoms with Crippen molar-refractivity contribution in [3.8, 4) is 0 Å². The first-order valence-corrected chi connectivity index (χ1v) is 15.4. The van der Waals surface area contributed by atoms with Gasteiger partial charge in [-0.2, -0.15) is 13.2 Å². The topological polar surface area (TPSA) is 100 Å². The number of carbonyl (C=O) groups is 3. The Morgan fingerprint density at radius 1 is 1.02 bits per heavy atom. The molecule has 42 heavy (non-hydrogen) atoms. The lowest BCUT2D eigenvalue weighted by Gasteiger charge is -2.35. The average molecular weight is 608 g/mol. The monoisotopic (exact) mass is 607 g/mol. The van der Waals surface area contributed by atoms with Gasteiger partial charge in [0.05, 0.1) is 25.0 Å². The second-order valence-electron chi connectivity index (χ2n) is 11.6. The summed E-state index contributed by atoms with van der Waals surface area (Å²) in [6.45, 7) is 3.38. The standard InChI is InChI=1S/C30H36F3N3O5S/c31-30(32,33)23-3-1-2-22(17-23)24(37)4-5-26(38)36-11-8-21(19-36)16-20-6-9-29(40,10-7-20)28-34-18-25(42-28)27(39)35-12-14-41-15-13-35/h1-3,17-18,20-21,40H,4-16,19H2. The van der Waals surface area contributed by atoms with E-state index in [-0.39, 0.29) is 30.2 Å². The number of aliphatic hydroxyl groups is 1. The summed E-state index contributed by atoms with van der Waals surface area (Å²) in [5.41, 5.74) is -1.94. The van der Waals surface area contributed by atoms with Crippen LogP contribution >= 0.6 is 11.3 Å². The number of rotatable bonds is 8. The third-order valence-corrected chi connectivity index (χ3v) is 9.91. The molecule has 2 amide bonds. The molecule has 2 aliphatic heterocycles. The molecule has 12 heteroatoms. The second-order valence-corrected chi connectivity index (χ2v) is 12.7. The molecule has 1 unspecified atom stereocenters. The zero-order valence-corrected chi connectivity index (χ0v) is 24.2. The van der Waals surface area contributed by atoms with E-state index in [1.807, 2.05) is 0 Å². The van der Waals surface area contributed by atoms with E-state index < -0.39 is 23.1 Å². The highest BCUT2D eigenvalue weighted by atomic mass is 32.1. The van der Waals surface area contributed by atoms with E-state index in [1.165, 1.54) is 23.5 Å². The number of ether oxygens (including phenoxy) is 1. The van der Waals surface area contributed by atoms with Crippen molar-refractivity contribution in [2.75, 3.05) is 39.4 Å². The SMILES string of the molecule is O=C(CCC(=O)N1CCC(CC2CCC(O)(c3ncc(C(=O)N4CCOCC4)s3)CC2)C1)c1cccc(C(F)(F)F)c1. The van der Waals surface area contributed by atoms with Gasteiger partial charge in [-0.25, -0.2) is 4.98 Å². The minimum absolute atomic E-state index is 0.0257. The summed E-state index contributed by atoms with van der Waals surface area (Å²) in [6, 6.07) is 4.31. The number of Topliss-reactive ketones (excluding diaryl/α,β-unsaturated/α-hetero) is 1. The van der Waals surface area contributed by atoms with Crippen LogP contribution in [-0.2, 0) is 21.3 Å². The lowest BCUT2D eigenvalue weighted by atomic mass is 9.75. The lowest BCUT2D eigenvalue weighted by molar-refractivity contribution is -0.137. The first-order chi connectivity index (χ1) is 20.0. The number of nitrogens with zero attached hydrogens (tertiary/aromatic N) is 3. The molecule has 0 spiro atoms. The van der Waals surface area contributed by atoms with Crippen LogP contribution in [0.25, 0.3) is 0 Å². The predicted molar refractivity (Wildman–Crippen MR) is 149 cm³/mol. The minimum Gasteiger partial charge on any atom is -0.383 e. The number of alkyl halides is 3. The molecule has 8 nitrogen and oxygen atoms in total. The van der Waals surface area contributed by atoms with Gasteiger partial charge in [0.15, 0.2) is 5.78 Å². The molecular formula is C30H36F3N3O5S. The Labute approximate surface area is 246 Å². The third kappa shape index (κ3) is 7.20. The van der Waals surface area contributed by atoms with E-state index in [2.05, 4.69) is 4.98 Å². The molecule has 1 saturated carbocycles. The Morgan fingerprint density at radius 2 is 1.76 bits per heavy atom. The molecule has 0 bridgehead atoms. The van der Waals surface area contributed by atoms with Gasteiger partial charge in [0.25, 0.3) is 5.91 Å². The number of benzene rings is 1. The molecule has 0 radical (unpaired) electrons. The summed E-state index contributed by atoms with van der Waals surface area (Å²) in [4.78, 5) is 46.5. The highest BCUT2D eigenvalue weighted by Gasteiger charge is 2.39. The van der Waals surface area contributed by atoms with Crippen molar-refractivity contribution in [2.24, 2.45) is 11.8 Å². The van der Waals surface area contributed by atoms with Crippen LogP contribution in [0.2, 0.25) is 0 Å². The van der Waals surface area contributed by atoms with E-state index in [0.29, 0.717) is 74.0 Å². The quantitative estimate of drug-likeness (QED) is 0.428. The van der Waals surface area contributed by atoms with E-state index in [9.17, 15) is 32.7 Å². The first kappa shape index (κ1) is 30.6. The van der Waals surface area contributed by atoms with Gasteiger partial charge in [-0.1, -0.05) is 12.1 Å². The second kappa shape index (κ2) is 12.8. The van der Waals surface area contributed by atoms with E-state index in [4.69, 9.17) is 4.74 Å². The fraction of sp³-hybridized carbons (Fsp3) is 0.600. The summed E-state index contributed by atoms with van der Waals surface area (Å²) >= 11 is 1.27. The maximum absolute atomic E-state index is 13.0. The van der Waals surface area contributed by atoms with Crippen molar-refractivity contribution in [3.05, 3.63) is 51.5 Å². The van der Waals surface area contributed by atoms with E-state index in [0.717, 1.165) is 37.8 Å². The van der Waals surface area contributed by atoms with Crippen LogP contribution in [0, 0.1) is 11.8 Å². The van der Waals surface area contributed by atoms with Gasteiger partial charge in [0.2, 0.25) is 5.91 Å². The van der Waals surface area contributed by atoms with Crippen LogP contribution < -0.4 is 0 Å². The molecule has 1 aromatic heterocycles. The third-order valence-electron chi connectivity index (χ3n) is 8.73. The Kier molecular flexibility index (Phi) is 9.34. The number of halogens is 3. The largest absolute Gasteiger partial charge is 0.416 e. The van der Waals surface area contributed by atoms with Crippen molar-refractivity contribution in [1.82, 2.24) is 14.8 Å². The van der Waals surface area contributed by atoms with Crippen LogP contribution in [0.1, 0.15) is 82.0 Å². The summed E-state index contributed by atoms with van der Waals surface area (Å²) in [6.07, 6.45) is 1.52. The molecule has 1 N–H and O–H groups in total. The molecule has 1 atom stereocenters. The number of thiazole rings is 1. The Balaban J connectivity index is 1.05. The van der Waals surface area contributed by atoms with Gasteiger partial charge in [-0.05, 0) is 62.5 Å². The molecule has 3 fully saturated rings. The van der Waals surface area contributed by atoms with Gasteiger partial charge in [-0.3, -0.25) is 14.4 Å². The average Bonchev–Trinajstić information content (AvgIpc) is 3.68. The number of ketones is 1. The highest BCUT2D eigenvalue weighted by molar-refractivity contribution is 7.13. The van der Waals surface area contributed by atoms with Crippen LogP contribution in [0.3, 0.4) is 0 Å². The summed E-state index contributed by atoms with van der Waals surface area (Å²) in [5, 5.41) is 11.9. The molecule has 1 aliphatic carbocycles. The molecule has 3 heterocycles. The van der Waals surface area contributed by atoms with Gasteiger partial charge >= 0.3 is 6.18 Å². The number of likely N-dealkylation sites (tertiary alicyclic amines) is 1. The van der Waals surface area contributed by atoms with Gasteiger partial charge in [0.1, 0.15) is 15.5 Å². The minimum atomic E-state index is -4.53. The number of aromatic nitrogens is 1. The number of morpholine rings is 1. The van der Waals surface area contributed by atoms with Crippen molar-refractivity contribution < 1.29 is 37.4 Å². The van der Waals surface area contributed by atoms with Gasteiger partial charge in [-0.15, -0.1) is 11.3 Å². The number of hydrogen-bond acceptors (Lipinski definition) is 7. The molecule has 3 aliphatic rings. The van der Waals surface area contributed by atoms with Crippen molar-refractivity contribution in [1.29, 1.82) is 0 Å². The van der Waals surface area contributed by atoms with Crippen LogP contribution in [0.15, 0.2) is 30.5 Å². The molecule has 2 saturated heterocycles. The van der Waals surface area contributed by atoms with Crippen LogP contribution in [0.4, 0.5) is 13.2 Å². The highest BCUT2D eigenvalue weighted by Crippen LogP contribution is 2.43. The zero-order chi connectivity index (χ0) is 29.9. The van der Waals surface area contributed by atoms with E-state index in [1.54, 1.807) is 16.0 Å². The zero-order valence-electron chi connectivity index (χ0n) is 23.4. The molecule has 1 aromatic carbocycles. The number of amides is 2. The number of carbonyl (C=O) groups excluding carboxylic acids is 3. The van der Waals surface area contributed by atoms with Crippen molar-refractivity contribution >= 4 is 28.9 Å². The fourth-order valence-corrected chi connectivity index (χ4v) is 7.26. The first-order valence-electron chi connectivity index (χ1n) is 14.6.